The Balaban J connectivity index is 2.27. The first-order chi connectivity index (χ1) is 8.63. The van der Waals surface area contributed by atoms with E-state index in [9.17, 15) is 4.79 Å². The molecule has 1 saturated heterocycles. The van der Waals surface area contributed by atoms with Crippen molar-refractivity contribution in [2.75, 3.05) is 18.8 Å². The van der Waals surface area contributed by atoms with Crippen molar-refractivity contribution in [2.45, 2.75) is 46.1 Å². The first-order valence-corrected chi connectivity index (χ1v) is 7.82. The van der Waals surface area contributed by atoms with Crippen LogP contribution in [0.15, 0.2) is 4.99 Å². The zero-order valence-electron chi connectivity index (χ0n) is 11.7. The number of amides is 1. The third-order valence-corrected chi connectivity index (χ3v) is 3.91. The highest BCUT2D eigenvalue weighted by Gasteiger charge is 2.19. The molecule has 2 N–H and O–H groups in total. The Kier molecular flexibility index (Phi) is 7.16. The molecule has 1 aliphatic rings. The summed E-state index contributed by atoms with van der Waals surface area (Å²) in [5.41, 5.74) is 0. The first-order valence-electron chi connectivity index (χ1n) is 6.84. The Morgan fingerprint density at radius 3 is 3.06 bits per heavy atom. The number of aliphatic imine (C=N–C) groups is 1. The first kappa shape index (κ1) is 15.3. The fourth-order valence-electron chi connectivity index (χ4n) is 1.76. The average Bonchev–Trinajstić information content (AvgIpc) is 2.36. The molecule has 4 nitrogen and oxygen atoms in total. The molecule has 0 aromatic rings. The van der Waals surface area contributed by atoms with E-state index in [0.717, 1.165) is 23.9 Å². The normalized spacial score (nSPS) is 22.0. The number of thioether (sulfide) groups is 1. The maximum Gasteiger partial charge on any atom is 0.221 e. The quantitative estimate of drug-likeness (QED) is 0.777. The van der Waals surface area contributed by atoms with Crippen LogP contribution < -0.4 is 10.6 Å². The molecule has 0 spiro atoms. The highest BCUT2D eigenvalue weighted by Crippen LogP contribution is 2.18. The molecule has 0 bridgehead atoms. The molecule has 5 heteroatoms. The molecular weight excluding hydrogens is 246 g/mol. The lowest BCUT2D eigenvalue weighted by molar-refractivity contribution is -0.120. The maximum atomic E-state index is 11.4. The minimum absolute atomic E-state index is 0.0995. The van der Waals surface area contributed by atoms with Gasteiger partial charge in [0.15, 0.2) is 5.17 Å². The van der Waals surface area contributed by atoms with Crippen LogP contribution >= 0.6 is 11.8 Å². The molecule has 1 atom stereocenters. The van der Waals surface area contributed by atoms with Gasteiger partial charge in [-0.25, -0.2) is 0 Å². The lowest BCUT2D eigenvalue weighted by Crippen LogP contribution is -2.41. The Morgan fingerprint density at radius 1 is 1.61 bits per heavy atom. The van der Waals surface area contributed by atoms with Gasteiger partial charge in [0.2, 0.25) is 5.91 Å². The summed E-state index contributed by atoms with van der Waals surface area (Å²) in [6.45, 7) is 7.84. The van der Waals surface area contributed by atoms with Gasteiger partial charge < -0.3 is 10.6 Å². The van der Waals surface area contributed by atoms with Crippen molar-refractivity contribution >= 4 is 22.8 Å². The Morgan fingerprint density at radius 2 is 2.39 bits per heavy atom. The SMILES string of the molecule is CCCNC(=O)CCN=C1NC(C(C)C)CCS1. The van der Waals surface area contributed by atoms with Gasteiger partial charge in [-0.3, -0.25) is 9.79 Å². The zero-order valence-corrected chi connectivity index (χ0v) is 12.5. The number of nitrogens with one attached hydrogen (secondary N) is 2. The lowest BCUT2D eigenvalue weighted by Gasteiger charge is -2.28. The van der Waals surface area contributed by atoms with E-state index in [2.05, 4.69) is 36.4 Å². The van der Waals surface area contributed by atoms with Gasteiger partial charge in [-0.05, 0) is 18.8 Å². The number of hydrogen-bond donors (Lipinski definition) is 2. The summed E-state index contributed by atoms with van der Waals surface area (Å²) in [7, 11) is 0. The van der Waals surface area contributed by atoms with Crippen LogP contribution in [0.1, 0.15) is 40.0 Å². The van der Waals surface area contributed by atoms with Gasteiger partial charge in [0.05, 0.1) is 6.54 Å². The second-order valence-electron chi connectivity index (χ2n) is 4.92. The van der Waals surface area contributed by atoms with Gasteiger partial charge in [-0.2, -0.15) is 0 Å². The maximum absolute atomic E-state index is 11.4. The van der Waals surface area contributed by atoms with Crippen molar-refractivity contribution in [3.8, 4) is 0 Å². The molecule has 1 heterocycles. The van der Waals surface area contributed by atoms with Gasteiger partial charge in [0.1, 0.15) is 0 Å². The number of amidine groups is 1. The predicted octanol–water partition coefficient (Wildman–Crippen LogP) is 2.01. The Labute approximate surface area is 114 Å². The summed E-state index contributed by atoms with van der Waals surface area (Å²) >= 11 is 1.76. The van der Waals surface area contributed by atoms with E-state index in [1.807, 2.05) is 0 Å². The minimum Gasteiger partial charge on any atom is -0.362 e. The summed E-state index contributed by atoms with van der Waals surface area (Å²) in [5.74, 6) is 1.85. The molecule has 0 saturated carbocycles. The smallest absolute Gasteiger partial charge is 0.221 e. The van der Waals surface area contributed by atoms with Crippen molar-refractivity contribution in [3.05, 3.63) is 0 Å². The molecule has 0 aromatic carbocycles. The molecule has 18 heavy (non-hydrogen) atoms. The lowest BCUT2D eigenvalue weighted by atomic mass is 10.0. The van der Waals surface area contributed by atoms with E-state index in [1.165, 1.54) is 6.42 Å². The van der Waals surface area contributed by atoms with Gasteiger partial charge in [0.25, 0.3) is 0 Å². The van der Waals surface area contributed by atoms with Gasteiger partial charge in [-0.15, -0.1) is 0 Å². The second kappa shape index (κ2) is 8.40. The summed E-state index contributed by atoms with van der Waals surface area (Å²) in [6, 6.07) is 0.527. The number of carbonyl (C=O) groups is 1. The number of nitrogens with zero attached hydrogens (tertiary/aromatic N) is 1. The number of rotatable bonds is 6. The predicted molar refractivity (Wildman–Crippen MR) is 79.1 cm³/mol. The molecule has 0 aromatic heterocycles. The van der Waals surface area contributed by atoms with Crippen molar-refractivity contribution in [2.24, 2.45) is 10.9 Å². The molecule has 1 rings (SSSR count). The molecule has 104 valence electrons. The fraction of sp³-hybridized carbons (Fsp3) is 0.846. The van der Waals surface area contributed by atoms with Crippen LogP contribution in [-0.2, 0) is 4.79 Å². The van der Waals surface area contributed by atoms with E-state index in [1.54, 1.807) is 11.8 Å². The number of hydrogen-bond acceptors (Lipinski definition) is 3. The molecule has 1 aliphatic heterocycles. The summed E-state index contributed by atoms with van der Waals surface area (Å²) in [6.07, 6.45) is 2.66. The highest BCUT2D eigenvalue weighted by atomic mass is 32.2. The van der Waals surface area contributed by atoms with E-state index >= 15 is 0 Å². The van der Waals surface area contributed by atoms with Crippen molar-refractivity contribution in [1.29, 1.82) is 0 Å². The van der Waals surface area contributed by atoms with Crippen molar-refractivity contribution < 1.29 is 4.79 Å². The molecule has 1 amide bonds. The molecule has 1 fully saturated rings. The van der Waals surface area contributed by atoms with Crippen LogP contribution in [0.25, 0.3) is 0 Å². The van der Waals surface area contributed by atoms with Crippen LogP contribution in [0.5, 0.6) is 0 Å². The van der Waals surface area contributed by atoms with E-state index in [-0.39, 0.29) is 5.91 Å². The summed E-state index contributed by atoms with van der Waals surface area (Å²) < 4.78 is 0. The second-order valence-corrected chi connectivity index (χ2v) is 6.00. The van der Waals surface area contributed by atoms with E-state index < -0.39 is 0 Å². The minimum atomic E-state index is 0.0995. The molecule has 1 unspecified atom stereocenters. The van der Waals surface area contributed by atoms with Crippen LogP contribution in [0, 0.1) is 5.92 Å². The number of carbonyl (C=O) groups excluding carboxylic acids is 1. The average molecular weight is 271 g/mol. The largest absolute Gasteiger partial charge is 0.362 e. The van der Waals surface area contributed by atoms with Crippen molar-refractivity contribution in [1.82, 2.24) is 10.6 Å². The third-order valence-electron chi connectivity index (χ3n) is 2.95. The zero-order chi connectivity index (χ0) is 13.4. The van der Waals surface area contributed by atoms with Crippen LogP contribution in [-0.4, -0.2) is 36.0 Å². The van der Waals surface area contributed by atoms with Crippen molar-refractivity contribution in [3.63, 3.8) is 0 Å². The molecule has 0 aliphatic carbocycles. The van der Waals surface area contributed by atoms with Gasteiger partial charge >= 0.3 is 0 Å². The topological polar surface area (TPSA) is 53.5 Å². The standard InChI is InChI=1S/C13H25N3OS/c1-4-7-14-12(17)5-8-15-13-16-11(10(2)3)6-9-18-13/h10-11H,4-9H2,1-3H3,(H,14,17)(H,15,16). The monoisotopic (exact) mass is 271 g/mol. The Bertz CT molecular complexity index is 292. The van der Waals surface area contributed by atoms with E-state index in [4.69, 9.17) is 0 Å². The molecular formula is C13H25N3OS. The summed E-state index contributed by atoms with van der Waals surface area (Å²) in [4.78, 5) is 15.9. The third kappa shape index (κ3) is 5.76. The summed E-state index contributed by atoms with van der Waals surface area (Å²) in [5, 5.41) is 7.32. The van der Waals surface area contributed by atoms with Gasteiger partial charge in [-0.1, -0.05) is 32.5 Å². The van der Waals surface area contributed by atoms with Gasteiger partial charge in [0, 0.05) is 24.8 Å². The Hall–Kier alpha value is -0.710. The molecule has 0 radical (unpaired) electrons. The fourth-order valence-corrected chi connectivity index (χ4v) is 2.74. The van der Waals surface area contributed by atoms with Crippen LogP contribution in [0.3, 0.4) is 0 Å². The van der Waals surface area contributed by atoms with E-state index in [0.29, 0.717) is 24.9 Å². The highest BCUT2D eigenvalue weighted by molar-refractivity contribution is 8.13. The van der Waals surface area contributed by atoms with Crippen LogP contribution in [0.2, 0.25) is 0 Å². The van der Waals surface area contributed by atoms with Crippen LogP contribution in [0.4, 0.5) is 0 Å².